The predicted molar refractivity (Wildman–Crippen MR) is 125 cm³/mol. The fourth-order valence-electron chi connectivity index (χ4n) is 6.93. The van der Waals surface area contributed by atoms with Gasteiger partial charge in [0, 0.05) is 38.6 Å². The van der Waals surface area contributed by atoms with E-state index < -0.39 is 0 Å². The predicted octanol–water partition coefficient (Wildman–Crippen LogP) is 4.36. The summed E-state index contributed by atoms with van der Waals surface area (Å²) in [4.78, 5) is 0. The van der Waals surface area contributed by atoms with Crippen molar-refractivity contribution in [3.05, 3.63) is 29.3 Å². The van der Waals surface area contributed by atoms with Crippen molar-refractivity contribution in [2.45, 2.75) is 57.7 Å². The third-order valence-electron chi connectivity index (χ3n) is 8.05. The van der Waals surface area contributed by atoms with Crippen molar-refractivity contribution in [2.24, 2.45) is 23.2 Å². The number of ether oxygens (including phenoxy) is 6. The average Bonchev–Trinajstić information content (AvgIpc) is 3.10. The van der Waals surface area contributed by atoms with E-state index in [1.165, 1.54) is 11.1 Å². The summed E-state index contributed by atoms with van der Waals surface area (Å²) in [5.74, 6) is 9.43. The lowest BCUT2D eigenvalue weighted by Crippen LogP contribution is -2.49. The van der Waals surface area contributed by atoms with Gasteiger partial charge in [0.1, 0.15) is 19.3 Å². The highest BCUT2D eigenvalue weighted by molar-refractivity contribution is 5.42. The van der Waals surface area contributed by atoms with Crippen molar-refractivity contribution in [3.63, 3.8) is 0 Å². The smallest absolute Gasteiger partial charge is 0.188 e. The van der Waals surface area contributed by atoms with Crippen molar-refractivity contribution in [1.82, 2.24) is 0 Å². The Morgan fingerprint density at radius 1 is 1.03 bits per heavy atom. The molecule has 0 N–H and O–H groups in total. The van der Waals surface area contributed by atoms with Gasteiger partial charge in [0.15, 0.2) is 6.79 Å². The van der Waals surface area contributed by atoms with Gasteiger partial charge in [-0.2, -0.15) is 0 Å². The van der Waals surface area contributed by atoms with Crippen LogP contribution in [0, 0.1) is 35.0 Å². The van der Waals surface area contributed by atoms with Crippen molar-refractivity contribution in [2.75, 3.05) is 41.7 Å². The fraction of sp³-hybridized carbons (Fsp3) is 0.704. The van der Waals surface area contributed by atoms with Gasteiger partial charge in [-0.3, -0.25) is 0 Å². The molecule has 0 saturated heterocycles. The van der Waals surface area contributed by atoms with Gasteiger partial charge in [-0.05, 0) is 67.7 Å². The second kappa shape index (κ2) is 10.8. The minimum atomic E-state index is -0.0362. The van der Waals surface area contributed by atoms with Crippen LogP contribution in [0.2, 0.25) is 0 Å². The van der Waals surface area contributed by atoms with Crippen LogP contribution in [-0.4, -0.2) is 53.9 Å². The number of hydrogen-bond donors (Lipinski definition) is 0. The summed E-state index contributed by atoms with van der Waals surface area (Å²) in [5.41, 5.74) is 2.79. The molecule has 0 amide bonds. The van der Waals surface area contributed by atoms with Crippen molar-refractivity contribution >= 4 is 0 Å². The first-order valence-electron chi connectivity index (χ1n) is 11.9. The summed E-state index contributed by atoms with van der Waals surface area (Å²) < 4.78 is 33.8. The summed E-state index contributed by atoms with van der Waals surface area (Å²) in [6.45, 7) is 5.14. The average molecular weight is 459 g/mol. The molecule has 7 atom stereocenters. The SMILES string of the molecule is CC#CC1C[C@@]2(C)[C@@H](C[C@@H](OCOC)[C@@H]2OCOC)[C@@H]2CCc3cc(OCOC)ccc3[C@@H]12. The Kier molecular flexibility index (Phi) is 7.99. The molecule has 1 aromatic carbocycles. The Morgan fingerprint density at radius 2 is 1.79 bits per heavy atom. The lowest BCUT2D eigenvalue weighted by molar-refractivity contribution is -0.177. The van der Waals surface area contributed by atoms with E-state index in [0.29, 0.717) is 17.8 Å². The first-order chi connectivity index (χ1) is 16.1. The summed E-state index contributed by atoms with van der Waals surface area (Å²) in [6.07, 6.45) is 4.11. The first kappa shape index (κ1) is 24.5. The summed E-state index contributed by atoms with van der Waals surface area (Å²) in [6, 6.07) is 6.53. The Hall–Kier alpha value is -1.62. The Balaban J connectivity index is 1.67. The van der Waals surface area contributed by atoms with E-state index in [1.807, 2.05) is 6.92 Å². The van der Waals surface area contributed by atoms with Crippen LogP contribution in [0.25, 0.3) is 0 Å². The van der Waals surface area contributed by atoms with Crippen molar-refractivity contribution in [1.29, 1.82) is 0 Å². The molecule has 33 heavy (non-hydrogen) atoms. The minimum Gasteiger partial charge on any atom is -0.468 e. The highest BCUT2D eigenvalue weighted by Gasteiger charge is 2.61. The molecule has 182 valence electrons. The maximum atomic E-state index is 6.28. The lowest BCUT2D eigenvalue weighted by Gasteiger charge is -2.53. The molecule has 3 aliphatic carbocycles. The molecule has 0 aliphatic heterocycles. The number of aryl methyl sites for hydroxylation is 1. The second-order valence-corrected chi connectivity index (χ2v) is 9.80. The van der Waals surface area contributed by atoms with Gasteiger partial charge in [0.05, 0.1) is 12.2 Å². The molecular weight excluding hydrogens is 420 g/mol. The Bertz CT molecular complexity index is 860. The van der Waals surface area contributed by atoms with Crippen LogP contribution in [-0.2, 0) is 30.1 Å². The number of fused-ring (bicyclic) bond motifs is 5. The van der Waals surface area contributed by atoms with Crippen molar-refractivity contribution in [3.8, 4) is 17.6 Å². The summed E-state index contributed by atoms with van der Waals surface area (Å²) in [5, 5.41) is 0. The van der Waals surface area contributed by atoms with E-state index in [0.717, 1.165) is 31.4 Å². The van der Waals surface area contributed by atoms with Gasteiger partial charge in [-0.15, -0.1) is 5.92 Å². The molecule has 0 aromatic heterocycles. The van der Waals surface area contributed by atoms with E-state index >= 15 is 0 Å². The van der Waals surface area contributed by atoms with Crippen LogP contribution < -0.4 is 4.74 Å². The molecule has 0 heterocycles. The number of benzene rings is 1. The zero-order chi connectivity index (χ0) is 23.4. The second-order valence-electron chi connectivity index (χ2n) is 9.80. The molecule has 4 rings (SSSR count). The monoisotopic (exact) mass is 458 g/mol. The van der Waals surface area contributed by atoms with E-state index in [2.05, 4.69) is 37.0 Å². The van der Waals surface area contributed by atoms with Gasteiger partial charge in [0.25, 0.3) is 0 Å². The fourth-order valence-corrected chi connectivity index (χ4v) is 6.93. The summed E-state index contributed by atoms with van der Waals surface area (Å²) >= 11 is 0. The topological polar surface area (TPSA) is 55.4 Å². The summed E-state index contributed by atoms with van der Waals surface area (Å²) in [7, 11) is 4.98. The maximum Gasteiger partial charge on any atom is 0.188 e. The van der Waals surface area contributed by atoms with Crippen LogP contribution in [0.1, 0.15) is 50.2 Å². The quantitative estimate of drug-likeness (QED) is 0.405. The molecule has 2 saturated carbocycles. The maximum absolute atomic E-state index is 6.28. The van der Waals surface area contributed by atoms with Crippen molar-refractivity contribution < 1.29 is 28.4 Å². The standard InChI is InChI=1S/C27H38O6/c1-6-7-19-14-27(2)23(13-24(32-16-29-4)26(27)33-17-30-5)22-10-8-18-12-20(31-15-28-3)9-11-21(18)25(19)22/h9,11-12,19,22-26H,8,10,13-17H2,1-5H3/t19?,22-,23-,24+,25+,26-,27-/m0/s1. The largest absolute Gasteiger partial charge is 0.468 e. The minimum absolute atomic E-state index is 0.00435. The van der Waals surface area contributed by atoms with E-state index in [4.69, 9.17) is 28.4 Å². The number of hydrogen-bond acceptors (Lipinski definition) is 6. The number of rotatable bonds is 9. The third kappa shape index (κ3) is 4.67. The Morgan fingerprint density at radius 3 is 2.52 bits per heavy atom. The first-order valence-corrected chi connectivity index (χ1v) is 11.9. The molecule has 0 radical (unpaired) electrons. The van der Waals surface area contributed by atoms with Gasteiger partial charge in [-0.25, -0.2) is 0 Å². The van der Waals surface area contributed by atoms with Gasteiger partial charge < -0.3 is 28.4 Å². The molecule has 6 heteroatoms. The van der Waals surface area contributed by atoms with Crippen LogP contribution in [0.3, 0.4) is 0 Å². The van der Waals surface area contributed by atoms with E-state index in [1.54, 1.807) is 21.3 Å². The molecule has 1 aromatic rings. The van der Waals surface area contributed by atoms with Gasteiger partial charge >= 0.3 is 0 Å². The molecule has 1 unspecified atom stereocenters. The third-order valence-corrected chi connectivity index (χ3v) is 8.05. The van der Waals surface area contributed by atoms with Crippen LogP contribution in [0.4, 0.5) is 0 Å². The molecule has 0 bridgehead atoms. The lowest BCUT2D eigenvalue weighted by atomic mass is 9.52. The van der Waals surface area contributed by atoms with Gasteiger partial charge in [-0.1, -0.05) is 18.9 Å². The Labute approximate surface area is 198 Å². The van der Waals surface area contributed by atoms with Crippen LogP contribution in [0.15, 0.2) is 18.2 Å². The zero-order valence-corrected chi connectivity index (χ0v) is 20.6. The highest BCUT2D eigenvalue weighted by Crippen LogP contribution is 2.63. The zero-order valence-electron chi connectivity index (χ0n) is 20.6. The highest BCUT2D eigenvalue weighted by atomic mass is 16.7. The number of methoxy groups -OCH3 is 3. The normalized spacial score (nSPS) is 34.6. The molecule has 6 nitrogen and oxygen atoms in total. The molecule has 0 spiro atoms. The van der Waals surface area contributed by atoms with Crippen LogP contribution >= 0.6 is 0 Å². The van der Waals surface area contributed by atoms with Crippen LogP contribution in [0.5, 0.6) is 5.75 Å². The van der Waals surface area contributed by atoms with E-state index in [-0.39, 0.29) is 43.9 Å². The molecular formula is C27H38O6. The molecule has 2 fully saturated rings. The molecule has 3 aliphatic rings. The van der Waals surface area contributed by atoms with E-state index in [9.17, 15) is 0 Å². The van der Waals surface area contributed by atoms with Gasteiger partial charge in [0.2, 0.25) is 0 Å².